The van der Waals surface area contributed by atoms with Crippen molar-refractivity contribution in [2.75, 3.05) is 6.61 Å². The summed E-state index contributed by atoms with van der Waals surface area (Å²) in [7, 11) is 0. The van der Waals surface area contributed by atoms with Crippen LogP contribution in [0.1, 0.15) is 5.56 Å². The molecule has 0 aliphatic rings. The number of rotatable bonds is 5. The van der Waals surface area contributed by atoms with Crippen molar-refractivity contribution >= 4 is 44.2 Å². The largest absolute Gasteiger partial charge is 0.483 e. The van der Waals surface area contributed by atoms with Gasteiger partial charge in [0.05, 0.1) is 4.53 Å². The fourth-order valence-corrected chi connectivity index (χ4v) is 3.79. The number of halogens is 1. The molecule has 4 rings (SSSR count). The summed E-state index contributed by atoms with van der Waals surface area (Å²) in [6.07, 6.45) is 4.96. The first-order valence-electron chi connectivity index (χ1n) is 8.03. The van der Waals surface area contributed by atoms with Gasteiger partial charge in [0, 0.05) is 28.0 Å². The van der Waals surface area contributed by atoms with Crippen molar-refractivity contribution in [2.24, 2.45) is 5.73 Å². The summed E-state index contributed by atoms with van der Waals surface area (Å²) in [4.78, 5) is 32.6. The first-order valence-corrected chi connectivity index (χ1v) is 9.64. The van der Waals surface area contributed by atoms with Crippen LogP contribution in [0.4, 0.5) is 0 Å². The maximum atomic E-state index is 12.7. The van der Waals surface area contributed by atoms with Crippen molar-refractivity contribution in [3.63, 3.8) is 0 Å². The first kappa shape index (κ1) is 18.3. The van der Waals surface area contributed by atoms with E-state index in [4.69, 9.17) is 10.5 Å². The zero-order valence-electron chi connectivity index (χ0n) is 14.2. The number of primary amides is 1. The Hall–Kier alpha value is -3.11. The molecule has 3 heterocycles. The molecule has 0 saturated carbocycles. The number of pyridine rings is 1. The molecule has 0 saturated heterocycles. The second-order valence-electron chi connectivity index (χ2n) is 5.72. The van der Waals surface area contributed by atoms with Gasteiger partial charge in [-0.25, -0.2) is 0 Å². The average Bonchev–Trinajstić information content (AvgIpc) is 3.22. The quantitative estimate of drug-likeness (QED) is 0.484. The third-order valence-electron chi connectivity index (χ3n) is 3.75. The topological polar surface area (TPSA) is 112 Å². The molecule has 0 aliphatic heterocycles. The average molecular weight is 458 g/mol. The van der Waals surface area contributed by atoms with E-state index in [1.54, 1.807) is 48.8 Å². The zero-order valence-corrected chi connectivity index (χ0v) is 16.6. The van der Waals surface area contributed by atoms with Gasteiger partial charge in [-0.1, -0.05) is 27.3 Å². The van der Waals surface area contributed by atoms with E-state index in [9.17, 15) is 9.59 Å². The lowest BCUT2D eigenvalue weighted by molar-refractivity contribution is -0.119. The van der Waals surface area contributed by atoms with Crippen LogP contribution in [0.15, 0.2) is 52.0 Å². The Bertz CT molecular complexity index is 1290. The Morgan fingerprint density at radius 1 is 1.29 bits per heavy atom. The van der Waals surface area contributed by atoms with Gasteiger partial charge in [0.15, 0.2) is 12.4 Å². The molecule has 0 aliphatic carbocycles. The van der Waals surface area contributed by atoms with Gasteiger partial charge in [0.25, 0.3) is 11.5 Å². The summed E-state index contributed by atoms with van der Waals surface area (Å²) in [6.45, 7) is -0.253. The number of nitrogens with two attached hydrogens (primary N) is 1. The normalized spacial score (nSPS) is 11.8. The number of hydrogen-bond acceptors (Lipinski definition) is 7. The van der Waals surface area contributed by atoms with E-state index in [0.29, 0.717) is 26.6 Å². The van der Waals surface area contributed by atoms with Gasteiger partial charge in [-0.3, -0.25) is 14.6 Å². The highest BCUT2D eigenvalue weighted by Gasteiger charge is 2.13. The predicted molar refractivity (Wildman–Crippen MR) is 108 cm³/mol. The number of carbonyl (C=O) groups is 1. The molecular weight excluding hydrogens is 446 g/mol. The minimum absolute atomic E-state index is 0.253. The smallest absolute Gasteiger partial charge is 0.291 e. The number of nitrogens with zero attached hydrogens (tertiary/aromatic N) is 4. The number of amides is 1. The number of hydrogen-bond donors (Lipinski definition) is 1. The molecule has 3 aromatic heterocycles. The van der Waals surface area contributed by atoms with E-state index in [2.05, 4.69) is 31.0 Å². The van der Waals surface area contributed by atoms with E-state index in [0.717, 1.165) is 10.0 Å². The molecule has 1 amide bonds. The van der Waals surface area contributed by atoms with E-state index in [1.807, 2.05) is 0 Å². The third kappa shape index (κ3) is 3.64. The van der Waals surface area contributed by atoms with Gasteiger partial charge in [-0.05, 0) is 36.4 Å². The van der Waals surface area contributed by atoms with Gasteiger partial charge in [-0.15, -0.1) is 5.10 Å². The van der Waals surface area contributed by atoms with E-state index < -0.39 is 5.91 Å². The Morgan fingerprint density at radius 2 is 2.07 bits per heavy atom. The molecule has 140 valence electrons. The molecule has 0 unspecified atom stereocenters. The lowest BCUT2D eigenvalue weighted by Crippen LogP contribution is -2.24. The molecule has 0 radical (unpaired) electrons. The van der Waals surface area contributed by atoms with Gasteiger partial charge < -0.3 is 10.5 Å². The molecule has 4 aromatic rings. The molecule has 2 N–H and O–H groups in total. The van der Waals surface area contributed by atoms with Crippen LogP contribution in [0, 0.1) is 0 Å². The van der Waals surface area contributed by atoms with Crippen LogP contribution in [-0.2, 0) is 4.79 Å². The maximum Gasteiger partial charge on any atom is 0.291 e. The monoisotopic (exact) mass is 457 g/mol. The van der Waals surface area contributed by atoms with Crippen molar-refractivity contribution in [1.82, 2.24) is 19.6 Å². The van der Waals surface area contributed by atoms with Crippen molar-refractivity contribution in [1.29, 1.82) is 0 Å². The molecule has 8 nitrogen and oxygen atoms in total. The number of fused-ring (bicyclic) bond motifs is 1. The number of ether oxygens (including phenoxy) is 1. The molecule has 0 fully saturated rings. The Labute approximate surface area is 170 Å². The molecule has 0 atom stereocenters. The van der Waals surface area contributed by atoms with E-state index in [-0.39, 0.29) is 12.2 Å². The zero-order chi connectivity index (χ0) is 19.7. The molecule has 28 heavy (non-hydrogen) atoms. The van der Waals surface area contributed by atoms with Crippen molar-refractivity contribution in [3.05, 3.63) is 67.6 Å². The maximum absolute atomic E-state index is 12.7. The summed E-state index contributed by atoms with van der Waals surface area (Å²) < 4.78 is 7.95. The van der Waals surface area contributed by atoms with Gasteiger partial charge in [0.1, 0.15) is 5.75 Å². The lowest BCUT2D eigenvalue weighted by Gasteiger charge is -2.07. The minimum Gasteiger partial charge on any atom is -0.483 e. The minimum atomic E-state index is -0.583. The summed E-state index contributed by atoms with van der Waals surface area (Å²) in [5, 5.41) is 4.30. The summed E-state index contributed by atoms with van der Waals surface area (Å²) in [6, 6.07) is 8.81. The highest BCUT2D eigenvalue weighted by atomic mass is 79.9. The van der Waals surface area contributed by atoms with Crippen molar-refractivity contribution in [2.45, 2.75) is 0 Å². The first-order chi connectivity index (χ1) is 13.5. The Kier molecular flexibility index (Phi) is 4.88. The number of carbonyl (C=O) groups excluding carboxylic acids is 1. The SMILES string of the molecule is NC(=O)COc1ccc(Br)cc1/C=c1\sc2nc(-c3ccncc3)nn2c1=O. The van der Waals surface area contributed by atoms with Crippen LogP contribution in [0.5, 0.6) is 5.75 Å². The molecule has 1 aromatic carbocycles. The highest BCUT2D eigenvalue weighted by Crippen LogP contribution is 2.24. The van der Waals surface area contributed by atoms with Crippen LogP contribution in [0.2, 0.25) is 0 Å². The molecule has 10 heteroatoms. The Morgan fingerprint density at radius 3 is 2.79 bits per heavy atom. The van der Waals surface area contributed by atoms with Crippen molar-refractivity contribution < 1.29 is 9.53 Å². The van der Waals surface area contributed by atoms with Crippen LogP contribution in [0.25, 0.3) is 22.4 Å². The van der Waals surface area contributed by atoms with Crippen LogP contribution in [0.3, 0.4) is 0 Å². The second-order valence-corrected chi connectivity index (χ2v) is 7.64. The van der Waals surface area contributed by atoms with Crippen LogP contribution < -0.4 is 20.6 Å². The standard InChI is InChI=1S/C18H12BrN5O3S/c19-12-1-2-13(27-9-15(20)25)11(7-12)8-14-17(26)24-18(28-14)22-16(23-24)10-3-5-21-6-4-10/h1-8H,9H2,(H2,20,25)/b14-8-. The summed E-state index contributed by atoms with van der Waals surface area (Å²) in [5.41, 5.74) is 6.27. The number of benzene rings is 1. The summed E-state index contributed by atoms with van der Waals surface area (Å²) >= 11 is 4.61. The van der Waals surface area contributed by atoms with Crippen LogP contribution in [-0.4, -0.2) is 32.1 Å². The van der Waals surface area contributed by atoms with Crippen LogP contribution >= 0.6 is 27.3 Å². The highest BCUT2D eigenvalue weighted by molar-refractivity contribution is 9.10. The van der Waals surface area contributed by atoms with Gasteiger partial charge in [0.2, 0.25) is 4.96 Å². The molecule has 0 bridgehead atoms. The van der Waals surface area contributed by atoms with E-state index in [1.165, 1.54) is 15.9 Å². The number of thiazole rings is 1. The van der Waals surface area contributed by atoms with E-state index >= 15 is 0 Å². The van der Waals surface area contributed by atoms with Gasteiger partial charge in [-0.2, -0.15) is 9.50 Å². The molecular formula is C18H12BrN5O3S. The fraction of sp³-hybridized carbons (Fsp3) is 0.0556. The fourth-order valence-electron chi connectivity index (χ4n) is 2.51. The second kappa shape index (κ2) is 7.49. The summed E-state index contributed by atoms with van der Waals surface area (Å²) in [5.74, 6) is 0.323. The third-order valence-corrected chi connectivity index (χ3v) is 5.20. The predicted octanol–water partition coefficient (Wildman–Crippen LogP) is 1.39. The van der Waals surface area contributed by atoms with Gasteiger partial charge >= 0.3 is 0 Å². The van der Waals surface area contributed by atoms with Crippen molar-refractivity contribution in [3.8, 4) is 17.1 Å². The lowest BCUT2D eigenvalue weighted by atomic mass is 10.2. The molecule has 0 spiro atoms. The number of aromatic nitrogens is 4. The Balaban J connectivity index is 1.78.